The Morgan fingerprint density at radius 3 is 2.82 bits per heavy atom. The fraction of sp³-hybridized carbons (Fsp3) is 0.417. The third-order valence-electron chi connectivity index (χ3n) is 3.00. The molecule has 0 saturated carbocycles. The Labute approximate surface area is 129 Å². The summed E-state index contributed by atoms with van der Waals surface area (Å²) in [5.74, 6) is 0.249. The van der Waals surface area contributed by atoms with Gasteiger partial charge in [-0.1, -0.05) is 11.8 Å². The maximum atomic E-state index is 12.1. The third kappa shape index (κ3) is 3.45. The Morgan fingerprint density at radius 2 is 2.14 bits per heavy atom. The Kier molecular flexibility index (Phi) is 4.81. The van der Waals surface area contributed by atoms with Gasteiger partial charge in [0.05, 0.1) is 12.2 Å². The highest BCUT2D eigenvalue weighted by Crippen LogP contribution is 2.17. The van der Waals surface area contributed by atoms with Gasteiger partial charge in [0, 0.05) is 25.4 Å². The minimum atomic E-state index is -0.474. The SMILES string of the molecule is CNC(=O)CSc1nnc(Cc2c(C)[nH]c(=O)n(C)c2=O)o1. The van der Waals surface area contributed by atoms with Crippen LogP contribution in [0.1, 0.15) is 17.1 Å². The number of carbonyl (C=O) groups excluding carboxylic acids is 1. The smallest absolute Gasteiger partial charge is 0.328 e. The van der Waals surface area contributed by atoms with Crippen LogP contribution in [-0.4, -0.2) is 38.5 Å². The van der Waals surface area contributed by atoms with Gasteiger partial charge in [-0.3, -0.25) is 14.2 Å². The summed E-state index contributed by atoms with van der Waals surface area (Å²) in [5.41, 5.74) is -0.0305. The average molecular weight is 325 g/mol. The number of aromatic nitrogens is 4. The monoisotopic (exact) mass is 325 g/mol. The molecule has 1 amide bonds. The van der Waals surface area contributed by atoms with Crippen molar-refractivity contribution in [2.75, 3.05) is 12.8 Å². The van der Waals surface area contributed by atoms with Gasteiger partial charge < -0.3 is 14.7 Å². The molecule has 2 aromatic heterocycles. The number of aromatic amines is 1. The first-order valence-electron chi connectivity index (χ1n) is 6.37. The zero-order valence-corrected chi connectivity index (χ0v) is 13.1. The van der Waals surface area contributed by atoms with Gasteiger partial charge in [-0.2, -0.15) is 0 Å². The van der Waals surface area contributed by atoms with E-state index in [1.165, 1.54) is 14.1 Å². The van der Waals surface area contributed by atoms with Crippen molar-refractivity contribution in [3.05, 3.63) is 38.0 Å². The van der Waals surface area contributed by atoms with E-state index in [0.717, 1.165) is 16.3 Å². The fourth-order valence-electron chi connectivity index (χ4n) is 1.70. The highest BCUT2D eigenvalue weighted by atomic mass is 32.2. The van der Waals surface area contributed by atoms with Crippen LogP contribution in [0, 0.1) is 6.92 Å². The number of hydrogen-bond donors (Lipinski definition) is 2. The zero-order valence-electron chi connectivity index (χ0n) is 12.3. The van der Waals surface area contributed by atoms with E-state index in [4.69, 9.17) is 4.42 Å². The van der Waals surface area contributed by atoms with Gasteiger partial charge in [0.2, 0.25) is 11.8 Å². The summed E-state index contributed by atoms with van der Waals surface area (Å²) in [6.45, 7) is 1.63. The van der Waals surface area contributed by atoms with Crippen molar-refractivity contribution < 1.29 is 9.21 Å². The molecule has 0 aliphatic heterocycles. The lowest BCUT2D eigenvalue weighted by Gasteiger charge is -2.04. The molecular weight excluding hydrogens is 310 g/mol. The maximum Gasteiger partial charge on any atom is 0.328 e. The first kappa shape index (κ1) is 16.0. The quantitative estimate of drug-likeness (QED) is 0.689. The molecule has 0 fully saturated rings. The number of carbonyl (C=O) groups is 1. The molecule has 0 atom stereocenters. The lowest BCUT2D eigenvalue weighted by Crippen LogP contribution is -2.36. The van der Waals surface area contributed by atoms with Gasteiger partial charge in [0.15, 0.2) is 0 Å². The molecule has 0 aliphatic rings. The van der Waals surface area contributed by atoms with Crippen molar-refractivity contribution in [3.8, 4) is 0 Å². The van der Waals surface area contributed by atoms with Gasteiger partial charge in [-0.15, -0.1) is 10.2 Å². The molecule has 2 heterocycles. The van der Waals surface area contributed by atoms with E-state index in [-0.39, 0.29) is 29.2 Å². The summed E-state index contributed by atoms with van der Waals surface area (Å²) < 4.78 is 6.37. The first-order valence-corrected chi connectivity index (χ1v) is 7.35. The molecule has 0 saturated heterocycles. The van der Waals surface area contributed by atoms with Crippen LogP contribution < -0.4 is 16.6 Å². The second-order valence-corrected chi connectivity index (χ2v) is 5.42. The number of hydrogen-bond acceptors (Lipinski definition) is 7. The number of thioether (sulfide) groups is 1. The van der Waals surface area contributed by atoms with E-state index in [9.17, 15) is 14.4 Å². The van der Waals surface area contributed by atoms with Crippen molar-refractivity contribution >= 4 is 17.7 Å². The molecule has 9 nitrogen and oxygen atoms in total. The van der Waals surface area contributed by atoms with Crippen LogP contribution in [-0.2, 0) is 18.3 Å². The molecule has 2 rings (SSSR count). The number of amides is 1. The summed E-state index contributed by atoms with van der Waals surface area (Å²) in [5, 5.41) is 10.4. The second kappa shape index (κ2) is 6.60. The van der Waals surface area contributed by atoms with E-state index in [1.807, 2.05) is 0 Å². The predicted octanol–water partition coefficient (Wildman–Crippen LogP) is -0.806. The summed E-state index contributed by atoms with van der Waals surface area (Å²) >= 11 is 1.11. The summed E-state index contributed by atoms with van der Waals surface area (Å²) in [4.78, 5) is 37.3. The molecule has 0 aromatic carbocycles. The first-order chi connectivity index (χ1) is 10.4. The second-order valence-electron chi connectivity index (χ2n) is 4.50. The van der Waals surface area contributed by atoms with Gasteiger partial charge in [-0.25, -0.2) is 4.79 Å². The lowest BCUT2D eigenvalue weighted by atomic mass is 10.2. The average Bonchev–Trinajstić information content (AvgIpc) is 2.94. The molecule has 2 aromatic rings. The molecule has 0 spiro atoms. The zero-order chi connectivity index (χ0) is 16.3. The Bertz CT molecular complexity index is 807. The topological polar surface area (TPSA) is 123 Å². The molecule has 0 unspecified atom stereocenters. The van der Waals surface area contributed by atoms with Crippen molar-refractivity contribution in [2.24, 2.45) is 7.05 Å². The van der Waals surface area contributed by atoms with E-state index in [2.05, 4.69) is 20.5 Å². The number of nitrogens with zero attached hydrogens (tertiary/aromatic N) is 3. The number of aryl methyl sites for hydroxylation is 1. The van der Waals surface area contributed by atoms with Gasteiger partial charge in [0.1, 0.15) is 0 Å². The van der Waals surface area contributed by atoms with Crippen molar-refractivity contribution in [1.29, 1.82) is 0 Å². The van der Waals surface area contributed by atoms with Crippen LogP contribution >= 0.6 is 11.8 Å². The number of rotatable bonds is 5. The largest absolute Gasteiger partial charge is 0.416 e. The number of H-pyrrole nitrogens is 1. The van der Waals surface area contributed by atoms with Crippen LogP contribution in [0.2, 0.25) is 0 Å². The van der Waals surface area contributed by atoms with E-state index < -0.39 is 11.2 Å². The van der Waals surface area contributed by atoms with Crippen molar-refractivity contribution in [1.82, 2.24) is 25.1 Å². The van der Waals surface area contributed by atoms with Crippen LogP contribution in [0.3, 0.4) is 0 Å². The Hall–Kier alpha value is -2.36. The molecular formula is C12H15N5O4S. The fourth-order valence-corrected chi connectivity index (χ4v) is 2.35. The summed E-state index contributed by atoms with van der Waals surface area (Å²) in [6.07, 6.45) is 0.114. The van der Waals surface area contributed by atoms with Gasteiger partial charge in [0.25, 0.3) is 10.8 Å². The normalized spacial score (nSPS) is 10.7. The van der Waals surface area contributed by atoms with E-state index in [1.54, 1.807) is 6.92 Å². The lowest BCUT2D eigenvalue weighted by molar-refractivity contribution is -0.118. The highest BCUT2D eigenvalue weighted by molar-refractivity contribution is 7.99. The highest BCUT2D eigenvalue weighted by Gasteiger charge is 2.14. The molecule has 118 valence electrons. The van der Waals surface area contributed by atoms with Gasteiger partial charge in [-0.05, 0) is 6.92 Å². The Balaban J connectivity index is 2.17. The number of nitrogens with one attached hydrogen (secondary N) is 2. The maximum absolute atomic E-state index is 12.1. The van der Waals surface area contributed by atoms with Gasteiger partial charge >= 0.3 is 5.69 Å². The van der Waals surface area contributed by atoms with E-state index >= 15 is 0 Å². The molecule has 22 heavy (non-hydrogen) atoms. The molecule has 2 N–H and O–H groups in total. The summed E-state index contributed by atoms with van der Waals surface area (Å²) in [7, 11) is 2.93. The minimum absolute atomic E-state index is 0.114. The summed E-state index contributed by atoms with van der Waals surface area (Å²) in [6, 6.07) is 0. The molecule has 10 heteroatoms. The van der Waals surface area contributed by atoms with Crippen LogP contribution in [0.5, 0.6) is 0 Å². The molecule has 0 bridgehead atoms. The third-order valence-corrected chi connectivity index (χ3v) is 3.81. The predicted molar refractivity (Wildman–Crippen MR) is 78.9 cm³/mol. The van der Waals surface area contributed by atoms with Crippen molar-refractivity contribution in [2.45, 2.75) is 18.6 Å². The van der Waals surface area contributed by atoms with Crippen molar-refractivity contribution in [3.63, 3.8) is 0 Å². The van der Waals surface area contributed by atoms with Crippen LogP contribution in [0.15, 0.2) is 19.2 Å². The van der Waals surface area contributed by atoms with Crippen LogP contribution in [0.4, 0.5) is 0 Å². The molecule has 0 aliphatic carbocycles. The van der Waals surface area contributed by atoms with Crippen LogP contribution in [0.25, 0.3) is 0 Å². The van der Waals surface area contributed by atoms with E-state index in [0.29, 0.717) is 11.3 Å². The molecule has 0 radical (unpaired) electrons. The standard InChI is InChI=1S/C12H15N5O4S/c1-6-7(10(19)17(3)11(20)14-6)4-9-15-16-12(21-9)22-5-8(18)13-2/h4-5H2,1-3H3,(H,13,18)(H,14,20). The Morgan fingerprint density at radius 1 is 1.41 bits per heavy atom. The minimum Gasteiger partial charge on any atom is -0.416 e.